The Labute approximate surface area is 107 Å². The van der Waals surface area contributed by atoms with Crippen molar-refractivity contribution in [3.8, 4) is 0 Å². The summed E-state index contributed by atoms with van der Waals surface area (Å²) in [6, 6.07) is 2.10. The Hall–Kier alpha value is -0.960. The predicted molar refractivity (Wildman–Crippen MR) is 67.5 cm³/mol. The number of hydrogen-bond acceptors (Lipinski definition) is 2. The van der Waals surface area contributed by atoms with Gasteiger partial charge in [-0.05, 0) is 38.7 Å². The summed E-state index contributed by atoms with van der Waals surface area (Å²) in [5.74, 6) is 1.10. The fraction of sp³-hybridized carbons (Fsp3) is 0.615. The number of rotatable bonds is 3. The number of alkyl halides is 1. The third kappa shape index (κ3) is 2.65. The maximum Gasteiger partial charge on any atom is 0.290 e. The van der Waals surface area contributed by atoms with Crippen molar-refractivity contribution in [2.75, 3.05) is 12.4 Å². The molecule has 1 unspecified atom stereocenters. The van der Waals surface area contributed by atoms with Crippen LogP contribution in [0.5, 0.6) is 0 Å². The molecule has 1 aromatic rings. The highest BCUT2D eigenvalue weighted by atomic mass is 35.5. The van der Waals surface area contributed by atoms with Crippen LogP contribution in [0, 0.1) is 6.92 Å². The second kappa shape index (κ2) is 5.58. The van der Waals surface area contributed by atoms with E-state index in [2.05, 4.69) is 0 Å². The average Bonchev–Trinajstić information content (AvgIpc) is 2.76. The van der Waals surface area contributed by atoms with Gasteiger partial charge in [0.2, 0.25) is 0 Å². The molecule has 1 aliphatic heterocycles. The van der Waals surface area contributed by atoms with E-state index in [0.29, 0.717) is 11.6 Å². The van der Waals surface area contributed by atoms with Crippen molar-refractivity contribution in [3.63, 3.8) is 0 Å². The molecular weight excluding hydrogens is 238 g/mol. The normalized spacial score (nSPS) is 20.6. The molecule has 0 bridgehead atoms. The molecule has 0 aromatic carbocycles. The van der Waals surface area contributed by atoms with Crippen molar-refractivity contribution in [1.82, 2.24) is 4.90 Å². The lowest BCUT2D eigenvalue weighted by Crippen LogP contribution is -2.44. The zero-order chi connectivity index (χ0) is 12.3. The van der Waals surface area contributed by atoms with Gasteiger partial charge in [-0.1, -0.05) is 0 Å². The van der Waals surface area contributed by atoms with E-state index in [1.165, 1.54) is 6.42 Å². The maximum atomic E-state index is 12.4. The number of piperidine rings is 1. The molecule has 1 aliphatic rings. The fourth-order valence-corrected chi connectivity index (χ4v) is 2.67. The van der Waals surface area contributed by atoms with Gasteiger partial charge >= 0.3 is 0 Å². The highest BCUT2D eigenvalue weighted by Crippen LogP contribution is 2.23. The molecule has 0 spiro atoms. The van der Waals surface area contributed by atoms with E-state index < -0.39 is 0 Å². The average molecular weight is 256 g/mol. The van der Waals surface area contributed by atoms with Crippen LogP contribution < -0.4 is 0 Å². The van der Waals surface area contributed by atoms with Gasteiger partial charge in [0.25, 0.3) is 5.91 Å². The Morgan fingerprint density at radius 3 is 3.06 bits per heavy atom. The molecule has 1 fully saturated rings. The number of hydrogen-bond donors (Lipinski definition) is 0. The first-order valence-electron chi connectivity index (χ1n) is 6.15. The number of nitrogens with zero attached hydrogens (tertiary/aromatic N) is 1. The minimum absolute atomic E-state index is 0.0160. The molecule has 0 saturated carbocycles. The molecule has 17 heavy (non-hydrogen) atoms. The van der Waals surface area contributed by atoms with Crippen molar-refractivity contribution in [2.45, 2.75) is 38.6 Å². The van der Waals surface area contributed by atoms with Gasteiger partial charge in [-0.3, -0.25) is 4.79 Å². The number of halogens is 1. The first kappa shape index (κ1) is 12.5. The van der Waals surface area contributed by atoms with Crippen LogP contribution >= 0.6 is 11.6 Å². The van der Waals surface area contributed by atoms with Gasteiger partial charge in [0.05, 0.1) is 6.26 Å². The lowest BCUT2D eigenvalue weighted by Gasteiger charge is -2.35. The molecule has 1 aromatic heterocycles. The second-order valence-corrected chi connectivity index (χ2v) is 4.94. The van der Waals surface area contributed by atoms with Gasteiger partial charge in [0.1, 0.15) is 0 Å². The van der Waals surface area contributed by atoms with Gasteiger partial charge in [0, 0.05) is 24.0 Å². The monoisotopic (exact) mass is 255 g/mol. The summed E-state index contributed by atoms with van der Waals surface area (Å²) in [4.78, 5) is 14.3. The fourth-order valence-electron chi connectivity index (χ4n) is 2.42. The van der Waals surface area contributed by atoms with Crippen molar-refractivity contribution < 1.29 is 9.21 Å². The third-order valence-corrected chi connectivity index (χ3v) is 3.60. The van der Waals surface area contributed by atoms with Crippen LogP contribution in [0.25, 0.3) is 0 Å². The summed E-state index contributed by atoms with van der Waals surface area (Å²) < 4.78 is 5.28. The van der Waals surface area contributed by atoms with Gasteiger partial charge in [-0.2, -0.15) is 0 Å². The summed E-state index contributed by atoms with van der Waals surface area (Å²) in [6.45, 7) is 2.72. The summed E-state index contributed by atoms with van der Waals surface area (Å²) in [7, 11) is 0. The number of furan rings is 1. The van der Waals surface area contributed by atoms with E-state index in [-0.39, 0.29) is 11.9 Å². The van der Waals surface area contributed by atoms with E-state index in [0.717, 1.165) is 31.4 Å². The van der Waals surface area contributed by atoms with Crippen molar-refractivity contribution in [3.05, 3.63) is 23.7 Å². The van der Waals surface area contributed by atoms with Gasteiger partial charge in [-0.15, -0.1) is 11.6 Å². The van der Waals surface area contributed by atoms with Crippen molar-refractivity contribution in [2.24, 2.45) is 0 Å². The van der Waals surface area contributed by atoms with Crippen molar-refractivity contribution in [1.29, 1.82) is 0 Å². The second-order valence-electron chi connectivity index (χ2n) is 4.56. The summed E-state index contributed by atoms with van der Waals surface area (Å²) >= 11 is 5.80. The van der Waals surface area contributed by atoms with Crippen molar-refractivity contribution >= 4 is 17.5 Å². The van der Waals surface area contributed by atoms with Crippen LogP contribution in [0.2, 0.25) is 0 Å². The highest BCUT2D eigenvalue weighted by molar-refractivity contribution is 6.17. The van der Waals surface area contributed by atoms with Crippen LogP contribution in [-0.2, 0) is 0 Å². The molecule has 1 amide bonds. The van der Waals surface area contributed by atoms with Crippen LogP contribution in [0.4, 0.5) is 0 Å². The molecule has 1 atom stereocenters. The van der Waals surface area contributed by atoms with Crippen LogP contribution in [-0.4, -0.2) is 29.3 Å². The van der Waals surface area contributed by atoms with Crippen LogP contribution in [0.1, 0.15) is 41.8 Å². The quantitative estimate of drug-likeness (QED) is 0.777. The highest BCUT2D eigenvalue weighted by Gasteiger charge is 2.29. The molecule has 2 rings (SSSR count). The summed E-state index contributed by atoms with van der Waals surface area (Å²) in [5.41, 5.74) is 0.908. The van der Waals surface area contributed by atoms with Crippen LogP contribution in [0.3, 0.4) is 0 Å². The first-order chi connectivity index (χ1) is 8.24. The Morgan fingerprint density at radius 2 is 2.41 bits per heavy atom. The van der Waals surface area contributed by atoms with E-state index >= 15 is 0 Å². The Bertz CT molecular complexity index is 387. The Morgan fingerprint density at radius 1 is 1.59 bits per heavy atom. The number of amides is 1. The molecule has 0 radical (unpaired) electrons. The SMILES string of the molecule is Cc1ccoc1C(=O)N1CCCCC1CCCl. The van der Waals surface area contributed by atoms with E-state index in [1.807, 2.05) is 17.9 Å². The Balaban J connectivity index is 2.14. The van der Waals surface area contributed by atoms with Gasteiger partial charge < -0.3 is 9.32 Å². The minimum atomic E-state index is 0.0160. The lowest BCUT2D eigenvalue weighted by atomic mass is 9.99. The maximum absolute atomic E-state index is 12.4. The lowest BCUT2D eigenvalue weighted by molar-refractivity contribution is 0.0575. The van der Waals surface area contributed by atoms with E-state index in [4.69, 9.17) is 16.0 Å². The Kier molecular flexibility index (Phi) is 4.11. The number of carbonyl (C=O) groups excluding carboxylic acids is 1. The number of likely N-dealkylation sites (tertiary alicyclic amines) is 1. The smallest absolute Gasteiger partial charge is 0.290 e. The van der Waals surface area contributed by atoms with E-state index in [1.54, 1.807) is 6.26 Å². The first-order valence-corrected chi connectivity index (χ1v) is 6.68. The molecule has 94 valence electrons. The summed E-state index contributed by atoms with van der Waals surface area (Å²) in [6.07, 6.45) is 5.75. The topological polar surface area (TPSA) is 33.5 Å². The largest absolute Gasteiger partial charge is 0.459 e. The molecule has 2 heterocycles. The molecular formula is C13H18ClNO2. The molecule has 1 saturated heterocycles. The summed E-state index contributed by atoms with van der Waals surface area (Å²) in [5, 5.41) is 0. The van der Waals surface area contributed by atoms with Gasteiger partial charge in [0.15, 0.2) is 5.76 Å². The molecule has 3 nitrogen and oxygen atoms in total. The molecule has 0 N–H and O–H groups in total. The number of aryl methyl sites for hydroxylation is 1. The third-order valence-electron chi connectivity index (χ3n) is 3.39. The minimum Gasteiger partial charge on any atom is -0.459 e. The molecule has 0 aliphatic carbocycles. The van der Waals surface area contributed by atoms with Crippen LogP contribution in [0.15, 0.2) is 16.7 Å². The zero-order valence-electron chi connectivity index (χ0n) is 10.1. The standard InChI is InChI=1S/C13H18ClNO2/c1-10-6-9-17-12(10)13(16)15-8-3-2-4-11(15)5-7-14/h6,9,11H,2-5,7-8H2,1H3. The van der Waals surface area contributed by atoms with E-state index in [9.17, 15) is 4.79 Å². The number of carbonyl (C=O) groups is 1. The zero-order valence-corrected chi connectivity index (χ0v) is 10.9. The van der Waals surface area contributed by atoms with Gasteiger partial charge in [-0.25, -0.2) is 0 Å². The molecule has 4 heteroatoms. The predicted octanol–water partition coefficient (Wildman–Crippen LogP) is 3.21.